The van der Waals surface area contributed by atoms with Crippen LogP contribution in [0.2, 0.25) is 0 Å². The van der Waals surface area contributed by atoms with Gasteiger partial charge in [-0.15, -0.1) is 11.3 Å². The number of rotatable bonds is 1. The molecule has 0 radical (unpaired) electrons. The average molecular weight is 220 g/mol. The van der Waals surface area contributed by atoms with Crippen LogP contribution in [0.3, 0.4) is 0 Å². The van der Waals surface area contributed by atoms with Crippen LogP contribution >= 0.6 is 11.3 Å². The predicted molar refractivity (Wildman–Crippen MR) is 66.2 cm³/mol. The van der Waals surface area contributed by atoms with Gasteiger partial charge in [-0.05, 0) is 23.1 Å². The molecule has 0 aliphatic rings. The van der Waals surface area contributed by atoms with Crippen LogP contribution in [-0.2, 0) is 12.0 Å². The molecule has 0 spiro atoms. The largest absolute Gasteiger partial charge is 0.325 e. The molecule has 0 saturated heterocycles. The van der Waals surface area contributed by atoms with Gasteiger partial charge in [-0.2, -0.15) is 0 Å². The molecule has 0 atom stereocenters. The minimum Gasteiger partial charge on any atom is -0.325 e. The molecule has 0 fully saturated rings. The van der Waals surface area contributed by atoms with Crippen molar-refractivity contribution < 1.29 is 0 Å². The first kappa shape index (κ1) is 10.6. The van der Waals surface area contributed by atoms with Gasteiger partial charge in [0, 0.05) is 6.54 Å². The second-order valence-corrected chi connectivity index (χ2v) is 5.86. The van der Waals surface area contributed by atoms with E-state index in [0.29, 0.717) is 6.54 Å². The van der Waals surface area contributed by atoms with Gasteiger partial charge in [-0.1, -0.05) is 26.8 Å². The van der Waals surface area contributed by atoms with Gasteiger partial charge in [0.05, 0.1) is 10.2 Å². The minimum absolute atomic E-state index is 0.195. The molecule has 3 heteroatoms. The van der Waals surface area contributed by atoms with Crippen LogP contribution in [0.5, 0.6) is 0 Å². The van der Waals surface area contributed by atoms with Gasteiger partial charge in [-0.3, -0.25) is 0 Å². The summed E-state index contributed by atoms with van der Waals surface area (Å²) in [5.74, 6) is 0. The number of hydrogen-bond acceptors (Lipinski definition) is 3. The Labute approximate surface area is 94.1 Å². The highest BCUT2D eigenvalue weighted by atomic mass is 32.1. The van der Waals surface area contributed by atoms with Gasteiger partial charge in [0.15, 0.2) is 0 Å². The Morgan fingerprint density at radius 1 is 1.33 bits per heavy atom. The highest BCUT2D eigenvalue weighted by Gasteiger charge is 2.14. The van der Waals surface area contributed by atoms with Crippen molar-refractivity contribution in [2.24, 2.45) is 5.73 Å². The Morgan fingerprint density at radius 3 is 2.67 bits per heavy atom. The maximum atomic E-state index is 5.59. The van der Waals surface area contributed by atoms with Crippen molar-refractivity contribution in [2.75, 3.05) is 0 Å². The Balaban J connectivity index is 2.55. The first-order valence-electron chi connectivity index (χ1n) is 5.11. The minimum atomic E-state index is 0.195. The van der Waals surface area contributed by atoms with E-state index >= 15 is 0 Å². The maximum Gasteiger partial charge on any atom is 0.107 e. The summed E-state index contributed by atoms with van der Waals surface area (Å²) < 4.78 is 1.24. The fraction of sp³-hybridized carbons (Fsp3) is 0.417. The fourth-order valence-corrected chi connectivity index (χ4v) is 2.41. The smallest absolute Gasteiger partial charge is 0.107 e. The zero-order chi connectivity index (χ0) is 11.1. The molecule has 80 valence electrons. The molecule has 15 heavy (non-hydrogen) atoms. The Bertz CT molecular complexity index is 480. The van der Waals surface area contributed by atoms with E-state index in [9.17, 15) is 0 Å². The van der Waals surface area contributed by atoms with Crippen molar-refractivity contribution in [1.82, 2.24) is 4.98 Å². The lowest BCUT2D eigenvalue weighted by atomic mass is 9.87. The van der Waals surface area contributed by atoms with E-state index in [-0.39, 0.29) is 5.41 Å². The normalized spacial score (nSPS) is 12.3. The van der Waals surface area contributed by atoms with Crippen molar-refractivity contribution in [3.05, 3.63) is 28.8 Å². The quantitative estimate of drug-likeness (QED) is 0.802. The molecule has 2 rings (SSSR count). The van der Waals surface area contributed by atoms with E-state index in [1.165, 1.54) is 10.3 Å². The van der Waals surface area contributed by atoms with E-state index in [1.807, 2.05) is 0 Å². The average Bonchev–Trinajstić information content (AvgIpc) is 2.57. The molecule has 0 aliphatic carbocycles. The SMILES string of the molecule is CC(C)(C)c1ccc2nc(CN)sc2c1. The van der Waals surface area contributed by atoms with Gasteiger partial charge in [0.2, 0.25) is 0 Å². The third kappa shape index (κ3) is 2.03. The van der Waals surface area contributed by atoms with E-state index in [0.717, 1.165) is 10.5 Å². The van der Waals surface area contributed by atoms with Crippen LogP contribution in [0.4, 0.5) is 0 Å². The molecule has 0 amide bonds. The van der Waals surface area contributed by atoms with Crippen molar-refractivity contribution >= 4 is 21.6 Å². The van der Waals surface area contributed by atoms with Crippen molar-refractivity contribution in [2.45, 2.75) is 32.7 Å². The van der Waals surface area contributed by atoms with Crippen LogP contribution in [0, 0.1) is 0 Å². The molecule has 1 aromatic heterocycles. The molecular weight excluding hydrogens is 204 g/mol. The topological polar surface area (TPSA) is 38.9 Å². The van der Waals surface area contributed by atoms with Gasteiger partial charge < -0.3 is 5.73 Å². The second-order valence-electron chi connectivity index (χ2n) is 4.74. The molecule has 0 aliphatic heterocycles. The predicted octanol–water partition coefficient (Wildman–Crippen LogP) is 3.05. The van der Waals surface area contributed by atoms with E-state index < -0.39 is 0 Å². The summed E-state index contributed by atoms with van der Waals surface area (Å²) in [7, 11) is 0. The third-order valence-corrected chi connectivity index (χ3v) is 3.51. The molecule has 1 aromatic carbocycles. The highest BCUT2D eigenvalue weighted by molar-refractivity contribution is 7.18. The number of benzene rings is 1. The molecule has 0 unspecified atom stereocenters. The molecule has 2 nitrogen and oxygen atoms in total. The standard InChI is InChI=1S/C12H16N2S/c1-12(2,3)8-4-5-9-10(6-8)15-11(7-13)14-9/h4-6H,7,13H2,1-3H3. The molecule has 0 saturated carbocycles. The summed E-state index contributed by atoms with van der Waals surface area (Å²) in [6.45, 7) is 7.20. The zero-order valence-electron chi connectivity index (χ0n) is 9.37. The lowest BCUT2D eigenvalue weighted by molar-refractivity contribution is 0.591. The Kier molecular flexibility index (Phi) is 2.52. The number of nitrogens with two attached hydrogens (primary N) is 1. The number of aromatic nitrogens is 1. The van der Waals surface area contributed by atoms with Crippen LogP contribution in [0.15, 0.2) is 18.2 Å². The summed E-state index contributed by atoms with van der Waals surface area (Å²) in [6, 6.07) is 6.47. The van der Waals surface area contributed by atoms with Crippen molar-refractivity contribution in [3.8, 4) is 0 Å². The van der Waals surface area contributed by atoms with Crippen molar-refractivity contribution in [1.29, 1.82) is 0 Å². The summed E-state index contributed by atoms with van der Waals surface area (Å²) in [4.78, 5) is 4.45. The summed E-state index contributed by atoms with van der Waals surface area (Å²) >= 11 is 1.69. The molecule has 1 heterocycles. The number of hydrogen-bond donors (Lipinski definition) is 1. The van der Waals surface area contributed by atoms with Gasteiger partial charge in [0.1, 0.15) is 5.01 Å². The van der Waals surface area contributed by atoms with Gasteiger partial charge in [-0.25, -0.2) is 4.98 Å². The first-order valence-corrected chi connectivity index (χ1v) is 5.92. The number of nitrogens with zero attached hydrogens (tertiary/aromatic N) is 1. The molecule has 2 N–H and O–H groups in total. The second kappa shape index (κ2) is 3.58. The van der Waals surface area contributed by atoms with E-state index in [2.05, 4.69) is 44.0 Å². The van der Waals surface area contributed by atoms with Gasteiger partial charge in [0.25, 0.3) is 0 Å². The van der Waals surface area contributed by atoms with Crippen LogP contribution in [0.1, 0.15) is 31.3 Å². The first-order chi connectivity index (χ1) is 7.00. The molecular formula is C12H16N2S. The Hall–Kier alpha value is -0.930. The number of thiazole rings is 1. The van der Waals surface area contributed by atoms with Crippen LogP contribution < -0.4 is 5.73 Å². The lowest BCUT2D eigenvalue weighted by Crippen LogP contribution is -2.10. The third-order valence-electron chi connectivity index (χ3n) is 2.47. The summed E-state index contributed by atoms with van der Waals surface area (Å²) in [6.07, 6.45) is 0. The van der Waals surface area contributed by atoms with Crippen LogP contribution in [-0.4, -0.2) is 4.98 Å². The summed E-state index contributed by atoms with van der Waals surface area (Å²) in [5, 5.41) is 1.01. The number of fused-ring (bicyclic) bond motifs is 1. The highest BCUT2D eigenvalue weighted by Crippen LogP contribution is 2.28. The van der Waals surface area contributed by atoms with Gasteiger partial charge >= 0.3 is 0 Å². The monoisotopic (exact) mass is 220 g/mol. The van der Waals surface area contributed by atoms with Crippen molar-refractivity contribution in [3.63, 3.8) is 0 Å². The lowest BCUT2D eigenvalue weighted by Gasteiger charge is -2.18. The Morgan fingerprint density at radius 2 is 2.07 bits per heavy atom. The summed E-state index contributed by atoms with van der Waals surface area (Å²) in [5.41, 5.74) is 8.19. The van der Waals surface area contributed by atoms with Crippen LogP contribution in [0.25, 0.3) is 10.2 Å². The van der Waals surface area contributed by atoms with E-state index in [1.54, 1.807) is 11.3 Å². The zero-order valence-corrected chi connectivity index (χ0v) is 10.2. The maximum absolute atomic E-state index is 5.59. The van der Waals surface area contributed by atoms with E-state index in [4.69, 9.17) is 5.73 Å². The molecule has 2 aromatic rings. The fourth-order valence-electron chi connectivity index (χ4n) is 1.53. The molecule has 0 bridgehead atoms.